The third-order valence-corrected chi connectivity index (χ3v) is 3.12. The van der Waals surface area contributed by atoms with Gasteiger partial charge >= 0.3 is 0 Å². The summed E-state index contributed by atoms with van der Waals surface area (Å²) in [5.74, 6) is 0.589. The van der Waals surface area contributed by atoms with Gasteiger partial charge in [-0.2, -0.15) is 0 Å². The van der Waals surface area contributed by atoms with Crippen molar-refractivity contribution in [2.45, 2.75) is 6.61 Å². The molecule has 0 amide bonds. The molecule has 0 fully saturated rings. The highest BCUT2D eigenvalue weighted by atomic mass is 79.9. The molecule has 0 unspecified atom stereocenters. The van der Waals surface area contributed by atoms with E-state index in [0.29, 0.717) is 17.0 Å². The Hall–Kier alpha value is -1.54. The number of alkyl halides is 1. The number of carbonyl (C=O) groups is 1. The number of ether oxygens (including phenoxy) is 2. The molecule has 2 aromatic rings. The fourth-order valence-electron chi connectivity index (χ4n) is 1.61. The lowest BCUT2D eigenvalue weighted by Crippen LogP contribution is -2.06. The second-order valence-corrected chi connectivity index (χ2v) is 4.80. The van der Waals surface area contributed by atoms with Crippen molar-refractivity contribution in [3.8, 4) is 11.6 Å². The van der Waals surface area contributed by atoms with Crippen molar-refractivity contribution < 1.29 is 18.7 Å². The smallest absolute Gasteiger partial charge is 0.234 e. The zero-order chi connectivity index (χ0) is 14.5. The number of rotatable bonds is 6. The van der Waals surface area contributed by atoms with Gasteiger partial charge in [-0.1, -0.05) is 6.07 Å². The first-order valence-electron chi connectivity index (χ1n) is 5.50. The fourth-order valence-corrected chi connectivity index (χ4v) is 2.14. The summed E-state index contributed by atoms with van der Waals surface area (Å²) in [4.78, 5) is 11.5. The van der Waals surface area contributed by atoms with Crippen molar-refractivity contribution in [1.29, 1.82) is 0 Å². The molecule has 0 spiro atoms. The maximum absolute atomic E-state index is 12.4. The van der Waals surface area contributed by atoms with Crippen LogP contribution in [0.3, 0.4) is 0 Å². The van der Waals surface area contributed by atoms with Crippen LogP contribution in [0.15, 0.2) is 30.5 Å². The summed E-state index contributed by atoms with van der Waals surface area (Å²) in [5, 5.41) is 3.92. The quantitative estimate of drug-likeness (QED) is 0.635. The molecule has 0 radical (unpaired) electrons. The molecule has 2 rings (SSSR count). The first kappa shape index (κ1) is 14.9. The van der Waals surface area contributed by atoms with Crippen LogP contribution in [0.1, 0.15) is 15.9 Å². The van der Waals surface area contributed by atoms with Crippen LogP contribution in [0.2, 0.25) is 0 Å². The fraction of sp³-hybridized carbons (Fsp3) is 0.167. The lowest BCUT2D eigenvalue weighted by molar-refractivity contribution is 0.109. The average molecular weight is 361 g/mol. The third-order valence-electron chi connectivity index (χ3n) is 2.47. The minimum absolute atomic E-state index is 0.0215. The van der Waals surface area contributed by atoms with Gasteiger partial charge in [0.25, 0.3) is 0 Å². The molecule has 0 N–H and O–H groups in total. The van der Waals surface area contributed by atoms with E-state index >= 15 is 0 Å². The second-order valence-electron chi connectivity index (χ2n) is 3.67. The van der Waals surface area contributed by atoms with Gasteiger partial charge in [-0.25, -0.2) is 8.48 Å². The molecule has 5 nitrogen and oxygen atoms in total. The van der Waals surface area contributed by atoms with E-state index in [1.807, 2.05) is 0 Å². The summed E-state index contributed by atoms with van der Waals surface area (Å²) in [7, 11) is 0. The molecule has 106 valence electrons. The van der Waals surface area contributed by atoms with Crippen LogP contribution >= 0.6 is 28.7 Å². The van der Waals surface area contributed by atoms with Gasteiger partial charge in [-0.15, -0.1) is 5.10 Å². The molecular weight excluding hydrogens is 351 g/mol. The maximum Gasteiger partial charge on any atom is 0.234 e. The van der Waals surface area contributed by atoms with Crippen molar-refractivity contribution in [3.05, 3.63) is 41.6 Å². The van der Waals surface area contributed by atoms with E-state index in [9.17, 15) is 9.18 Å². The average Bonchev–Trinajstić information content (AvgIpc) is 2.83. The summed E-state index contributed by atoms with van der Waals surface area (Å²) in [6.07, 6.45) is 1.60. The Morgan fingerprint density at radius 1 is 1.40 bits per heavy atom. The predicted octanol–water partition coefficient (Wildman–Crippen LogP) is 3.00. The van der Waals surface area contributed by atoms with Crippen LogP contribution in [-0.4, -0.2) is 20.7 Å². The number of halogens is 2. The number of hydrogen-bond donors (Lipinski definition) is 1. The monoisotopic (exact) mass is 360 g/mol. The highest BCUT2D eigenvalue weighted by Crippen LogP contribution is 2.26. The molecule has 0 saturated carbocycles. The number of benzene rings is 1. The number of aromatic nitrogens is 2. The molecule has 1 heterocycles. The molecule has 0 atom stereocenters. The van der Waals surface area contributed by atoms with Crippen LogP contribution in [-0.2, 0) is 6.61 Å². The first-order valence-corrected chi connectivity index (χ1v) is 6.69. The van der Waals surface area contributed by atoms with E-state index in [1.54, 1.807) is 30.5 Å². The van der Waals surface area contributed by atoms with Gasteiger partial charge in [0.1, 0.15) is 12.4 Å². The van der Waals surface area contributed by atoms with Crippen molar-refractivity contribution in [3.63, 3.8) is 0 Å². The Morgan fingerprint density at radius 2 is 2.20 bits per heavy atom. The number of thiol groups is 1. The topological polar surface area (TPSA) is 53.4 Å². The molecular formula is C12H10BrFN2O3S. The van der Waals surface area contributed by atoms with Crippen molar-refractivity contribution in [2.75, 3.05) is 6.86 Å². The zero-order valence-corrected chi connectivity index (χ0v) is 12.6. The van der Waals surface area contributed by atoms with Gasteiger partial charge in [-0.3, -0.25) is 4.79 Å². The highest BCUT2D eigenvalue weighted by molar-refractivity contribution is 9.18. The normalized spacial score (nSPS) is 10.3. The van der Waals surface area contributed by atoms with Crippen LogP contribution in [0.4, 0.5) is 4.39 Å². The molecule has 8 heteroatoms. The lowest BCUT2D eigenvalue weighted by atomic mass is 10.1. The number of carbonyl (C=O) groups excluding carboxylic acids is 1. The summed E-state index contributed by atoms with van der Waals surface area (Å²) in [5.41, 5.74) is 0.794. The minimum atomic E-state index is -0.988. The van der Waals surface area contributed by atoms with Gasteiger partial charge < -0.3 is 9.47 Å². The van der Waals surface area contributed by atoms with Crippen molar-refractivity contribution >= 4 is 33.4 Å². The summed E-state index contributed by atoms with van der Waals surface area (Å²) in [6, 6.07) is 6.37. The second kappa shape index (κ2) is 6.76. The highest BCUT2D eigenvalue weighted by Gasteiger charge is 2.15. The van der Waals surface area contributed by atoms with Gasteiger partial charge in [0, 0.05) is 23.4 Å². The Balaban J connectivity index is 2.25. The van der Waals surface area contributed by atoms with E-state index in [-0.39, 0.29) is 17.0 Å². The Kier molecular flexibility index (Phi) is 5.02. The summed E-state index contributed by atoms with van der Waals surface area (Å²) < 4.78 is 23.6. The molecule has 0 aliphatic rings. The van der Waals surface area contributed by atoms with E-state index in [0.717, 1.165) is 0 Å². The van der Waals surface area contributed by atoms with Crippen LogP contribution < -0.4 is 9.47 Å². The molecule has 0 aliphatic heterocycles. The third kappa shape index (κ3) is 3.51. The van der Waals surface area contributed by atoms with E-state index < -0.39 is 6.86 Å². The van der Waals surface area contributed by atoms with Gasteiger partial charge in [0.05, 0.1) is 0 Å². The maximum atomic E-state index is 12.4. The van der Waals surface area contributed by atoms with Gasteiger partial charge in [0.15, 0.2) is 0 Å². The molecule has 0 saturated heterocycles. The molecule has 0 bridgehead atoms. The first-order chi connectivity index (χ1) is 9.61. The van der Waals surface area contributed by atoms with Crippen LogP contribution in [0.5, 0.6) is 11.6 Å². The van der Waals surface area contributed by atoms with Crippen LogP contribution in [0.25, 0.3) is 0 Å². The van der Waals surface area contributed by atoms with Crippen molar-refractivity contribution in [2.24, 2.45) is 0 Å². The molecule has 0 aliphatic carbocycles. The Bertz CT molecular complexity index is 620. The molecule has 20 heavy (non-hydrogen) atoms. The Morgan fingerprint density at radius 3 is 2.80 bits per heavy atom. The minimum Gasteiger partial charge on any atom is -0.472 e. The van der Waals surface area contributed by atoms with Crippen LogP contribution in [0, 0.1) is 0 Å². The number of hydrogen-bond acceptors (Lipinski definition) is 5. The SMILES string of the molecule is O=C(Br)c1cccc(OCF)c1COc1ccn(S)n1. The van der Waals surface area contributed by atoms with E-state index in [1.165, 1.54) is 4.09 Å². The molecule has 1 aromatic carbocycles. The Labute approximate surface area is 128 Å². The van der Waals surface area contributed by atoms with Gasteiger partial charge in [-0.05, 0) is 40.9 Å². The summed E-state index contributed by atoms with van der Waals surface area (Å²) >= 11 is 6.86. The largest absolute Gasteiger partial charge is 0.472 e. The summed E-state index contributed by atoms with van der Waals surface area (Å²) in [6.45, 7) is -0.966. The van der Waals surface area contributed by atoms with E-state index in [2.05, 4.69) is 33.8 Å². The van der Waals surface area contributed by atoms with Crippen molar-refractivity contribution in [1.82, 2.24) is 9.19 Å². The predicted molar refractivity (Wildman–Crippen MR) is 77.2 cm³/mol. The standard InChI is InChI=1S/C12H10BrFN2O3S/c13-12(17)8-2-1-3-10(19-7-14)9(8)6-18-11-4-5-16(20)15-11/h1-5,20H,6-7H2. The molecule has 1 aromatic heterocycles. The lowest BCUT2D eigenvalue weighted by Gasteiger charge is -2.12. The zero-order valence-electron chi connectivity index (χ0n) is 10.1. The number of nitrogens with zero attached hydrogens (tertiary/aromatic N) is 2. The van der Waals surface area contributed by atoms with Gasteiger partial charge in [0.2, 0.25) is 17.4 Å². The van der Waals surface area contributed by atoms with E-state index in [4.69, 9.17) is 9.47 Å².